The van der Waals surface area contributed by atoms with Gasteiger partial charge in [0, 0.05) is 17.3 Å². The van der Waals surface area contributed by atoms with Crippen molar-refractivity contribution in [2.24, 2.45) is 0 Å². The monoisotopic (exact) mass is 277 g/mol. The van der Waals surface area contributed by atoms with Gasteiger partial charge in [0.1, 0.15) is 5.82 Å². The van der Waals surface area contributed by atoms with Crippen LogP contribution in [-0.4, -0.2) is 28.6 Å². The fourth-order valence-corrected chi connectivity index (χ4v) is 3.64. The molecule has 1 aromatic heterocycles. The van der Waals surface area contributed by atoms with Crippen molar-refractivity contribution in [2.45, 2.75) is 55.9 Å². The average Bonchev–Trinajstić information content (AvgIpc) is 2.83. The molecule has 2 aliphatic rings. The Balaban J connectivity index is 1.51. The minimum atomic E-state index is 0.629. The molecule has 104 valence electrons. The SMILES string of the molecule is CSC1CCC(Nc2ccc(NC3CCC3)nc2)C1. The summed E-state index contributed by atoms with van der Waals surface area (Å²) in [7, 11) is 0. The van der Waals surface area contributed by atoms with Crippen LogP contribution in [0.5, 0.6) is 0 Å². The Hall–Kier alpha value is -0.900. The topological polar surface area (TPSA) is 37.0 Å². The lowest BCUT2D eigenvalue weighted by molar-refractivity contribution is 0.444. The van der Waals surface area contributed by atoms with Crippen LogP contribution >= 0.6 is 11.8 Å². The van der Waals surface area contributed by atoms with Gasteiger partial charge in [-0.25, -0.2) is 4.98 Å². The van der Waals surface area contributed by atoms with E-state index in [9.17, 15) is 0 Å². The predicted molar refractivity (Wildman–Crippen MR) is 84.1 cm³/mol. The van der Waals surface area contributed by atoms with E-state index in [1.165, 1.54) is 38.5 Å². The van der Waals surface area contributed by atoms with Crippen LogP contribution in [0.2, 0.25) is 0 Å². The van der Waals surface area contributed by atoms with Gasteiger partial charge in [0.25, 0.3) is 0 Å². The van der Waals surface area contributed by atoms with Crippen molar-refractivity contribution >= 4 is 23.3 Å². The first-order valence-corrected chi connectivity index (χ1v) is 8.64. The van der Waals surface area contributed by atoms with Crippen molar-refractivity contribution in [1.29, 1.82) is 0 Å². The Labute approximate surface area is 120 Å². The van der Waals surface area contributed by atoms with Crippen LogP contribution in [-0.2, 0) is 0 Å². The average molecular weight is 277 g/mol. The molecule has 2 fully saturated rings. The normalized spacial score (nSPS) is 27.0. The third kappa shape index (κ3) is 3.35. The quantitative estimate of drug-likeness (QED) is 0.859. The highest BCUT2D eigenvalue weighted by molar-refractivity contribution is 7.99. The number of rotatable bonds is 5. The van der Waals surface area contributed by atoms with Crippen LogP contribution < -0.4 is 10.6 Å². The summed E-state index contributed by atoms with van der Waals surface area (Å²) in [5.41, 5.74) is 1.16. The fraction of sp³-hybridized carbons (Fsp3) is 0.667. The number of nitrogens with zero attached hydrogens (tertiary/aromatic N) is 1. The molecule has 1 heterocycles. The van der Waals surface area contributed by atoms with E-state index >= 15 is 0 Å². The molecule has 2 atom stereocenters. The molecule has 0 spiro atoms. The molecule has 2 saturated carbocycles. The summed E-state index contributed by atoms with van der Waals surface area (Å²) in [5.74, 6) is 1.02. The molecule has 0 aromatic carbocycles. The van der Waals surface area contributed by atoms with E-state index in [0.717, 1.165) is 16.8 Å². The molecular weight excluding hydrogens is 254 g/mol. The second-order valence-corrected chi connectivity index (χ2v) is 6.85. The fourth-order valence-electron chi connectivity index (χ4n) is 2.85. The van der Waals surface area contributed by atoms with Crippen LogP contribution in [0, 0.1) is 0 Å². The number of pyridine rings is 1. The molecule has 19 heavy (non-hydrogen) atoms. The summed E-state index contributed by atoms with van der Waals surface area (Å²) in [4.78, 5) is 4.50. The van der Waals surface area contributed by atoms with E-state index in [2.05, 4.69) is 34.0 Å². The van der Waals surface area contributed by atoms with Crippen LogP contribution in [0.1, 0.15) is 38.5 Å². The van der Waals surface area contributed by atoms with E-state index in [-0.39, 0.29) is 0 Å². The van der Waals surface area contributed by atoms with E-state index < -0.39 is 0 Å². The molecule has 0 bridgehead atoms. The van der Waals surface area contributed by atoms with Gasteiger partial charge < -0.3 is 10.6 Å². The first-order valence-electron chi connectivity index (χ1n) is 7.35. The number of aromatic nitrogens is 1. The molecule has 0 saturated heterocycles. The maximum atomic E-state index is 4.50. The van der Waals surface area contributed by atoms with Crippen molar-refractivity contribution in [1.82, 2.24) is 4.98 Å². The van der Waals surface area contributed by atoms with Gasteiger partial charge in [-0.1, -0.05) is 0 Å². The number of anilines is 2. The first-order chi connectivity index (χ1) is 9.33. The number of hydrogen-bond acceptors (Lipinski definition) is 4. The van der Waals surface area contributed by atoms with Crippen molar-refractivity contribution in [2.75, 3.05) is 16.9 Å². The van der Waals surface area contributed by atoms with Crippen molar-refractivity contribution in [3.8, 4) is 0 Å². The second kappa shape index (κ2) is 6.04. The van der Waals surface area contributed by atoms with E-state index in [1.807, 2.05) is 18.0 Å². The molecule has 3 rings (SSSR count). The van der Waals surface area contributed by atoms with Gasteiger partial charge in [-0.15, -0.1) is 0 Å². The molecule has 1 aromatic rings. The van der Waals surface area contributed by atoms with E-state index in [4.69, 9.17) is 0 Å². The second-order valence-electron chi connectivity index (χ2n) is 5.72. The lowest BCUT2D eigenvalue weighted by Crippen LogP contribution is -2.27. The Kier molecular flexibility index (Phi) is 4.16. The highest BCUT2D eigenvalue weighted by Gasteiger charge is 2.23. The summed E-state index contributed by atoms with van der Waals surface area (Å²) >= 11 is 2.00. The Morgan fingerprint density at radius 2 is 2.00 bits per heavy atom. The largest absolute Gasteiger partial charge is 0.381 e. The lowest BCUT2D eigenvalue weighted by Gasteiger charge is -2.27. The molecule has 0 radical (unpaired) electrons. The van der Waals surface area contributed by atoms with Crippen LogP contribution in [0.15, 0.2) is 18.3 Å². The van der Waals surface area contributed by atoms with Crippen LogP contribution in [0.25, 0.3) is 0 Å². The van der Waals surface area contributed by atoms with Gasteiger partial charge in [-0.05, 0) is 56.9 Å². The smallest absolute Gasteiger partial charge is 0.126 e. The van der Waals surface area contributed by atoms with Gasteiger partial charge >= 0.3 is 0 Å². The minimum absolute atomic E-state index is 0.629. The van der Waals surface area contributed by atoms with E-state index in [1.54, 1.807) is 0 Å². The first kappa shape index (κ1) is 13.1. The number of thioether (sulfide) groups is 1. The predicted octanol–water partition coefficient (Wildman–Crippen LogP) is 3.74. The maximum absolute atomic E-state index is 4.50. The Morgan fingerprint density at radius 3 is 2.58 bits per heavy atom. The zero-order valence-corrected chi connectivity index (χ0v) is 12.4. The minimum Gasteiger partial charge on any atom is -0.381 e. The van der Waals surface area contributed by atoms with Gasteiger partial charge in [0.2, 0.25) is 0 Å². The molecule has 2 aliphatic carbocycles. The Bertz CT molecular complexity index is 402. The van der Waals surface area contributed by atoms with Gasteiger partial charge in [-0.2, -0.15) is 11.8 Å². The molecule has 0 aliphatic heterocycles. The molecule has 0 amide bonds. The molecular formula is C15H23N3S. The summed E-state index contributed by atoms with van der Waals surface area (Å²) in [6.07, 6.45) is 12.0. The standard InChI is InChI=1S/C15H23N3S/c1-19-14-7-5-12(9-14)17-13-6-8-15(16-10-13)18-11-3-2-4-11/h6,8,10-12,14,17H,2-5,7,9H2,1H3,(H,16,18). The highest BCUT2D eigenvalue weighted by atomic mass is 32.2. The molecule has 2 unspecified atom stereocenters. The summed E-state index contributed by atoms with van der Waals surface area (Å²) in [6.45, 7) is 0. The molecule has 2 N–H and O–H groups in total. The number of nitrogens with one attached hydrogen (secondary N) is 2. The zero-order valence-electron chi connectivity index (χ0n) is 11.6. The third-order valence-corrected chi connectivity index (χ3v) is 5.40. The number of hydrogen-bond donors (Lipinski definition) is 2. The van der Waals surface area contributed by atoms with Gasteiger partial charge in [-0.3, -0.25) is 0 Å². The van der Waals surface area contributed by atoms with E-state index in [0.29, 0.717) is 12.1 Å². The van der Waals surface area contributed by atoms with Crippen LogP contribution in [0.4, 0.5) is 11.5 Å². The third-order valence-electron chi connectivity index (χ3n) is 4.31. The summed E-state index contributed by atoms with van der Waals surface area (Å²) in [5, 5.41) is 7.92. The summed E-state index contributed by atoms with van der Waals surface area (Å²) in [6, 6.07) is 5.54. The molecule has 4 heteroatoms. The summed E-state index contributed by atoms with van der Waals surface area (Å²) < 4.78 is 0. The van der Waals surface area contributed by atoms with Crippen molar-refractivity contribution < 1.29 is 0 Å². The van der Waals surface area contributed by atoms with Crippen molar-refractivity contribution in [3.63, 3.8) is 0 Å². The highest BCUT2D eigenvalue weighted by Crippen LogP contribution is 2.30. The zero-order chi connectivity index (χ0) is 13.1. The van der Waals surface area contributed by atoms with Crippen LogP contribution in [0.3, 0.4) is 0 Å². The molecule has 3 nitrogen and oxygen atoms in total. The van der Waals surface area contributed by atoms with Crippen molar-refractivity contribution in [3.05, 3.63) is 18.3 Å². The lowest BCUT2D eigenvalue weighted by atomic mass is 9.93. The van der Waals surface area contributed by atoms with Gasteiger partial charge in [0.05, 0.1) is 11.9 Å². The Morgan fingerprint density at radius 1 is 1.11 bits per heavy atom. The maximum Gasteiger partial charge on any atom is 0.126 e. The van der Waals surface area contributed by atoms with Gasteiger partial charge in [0.15, 0.2) is 0 Å².